The molecule has 0 amide bonds. The molecule has 2 N–H and O–H groups in total. The van der Waals surface area contributed by atoms with Crippen molar-refractivity contribution in [1.82, 2.24) is 15.5 Å². The van der Waals surface area contributed by atoms with Gasteiger partial charge in [-0.25, -0.2) is 4.99 Å². The molecule has 2 aliphatic heterocycles. The molecule has 1 unspecified atom stereocenters. The van der Waals surface area contributed by atoms with Gasteiger partial charge in [-0.05, 0) is 43.5 Å². The first-order valence-corrected chi connectivity index (χ1v) is 11.9. The predicted octanol–water partition coefficient (Wildman–Crippen LogP) is 3.16. The van der Waals surface area contributed by atoms with Crippen LogP contribution in [0.5, 0.6) is 0 Å². The van der Waals surface area contributed by atoms with E-state index in [1.54, 1.807) is 0 Å². The number of anilines is 1. The molecule has 0 saturated carbocycles. The summed E-state index contributed by atoms with van der Waals surface area (Å²) in [4.78, 5) is 9.80. The van der Waals surface area contributed by atoms with E-state index in [4.69, 9.17) is 9.73 Å². The average Bonchev–Trinajstić information content (AvgIpc) is 3.27. The molecular weight excluding hydrogens is 398 g/mol. The number of hydrogen-bond acceptors (Lipinski definition) is 4. The summed E-state index contributed by atoms with van der Waals surface area (Å²) in [6.07, 6.45) is 1.12. The van der Waals surface area contributed by atoms with Crippen molar-refractivity contribution < 1.29 is 4.74 Å². The summed E-state index contributed by atoms with van der Waals surface area (Å²) in [5.41, 5.74) is 5.21. The van der Waals surface area contributed by atoms with Gasteiger partial charge in [0.1, 0.15) is 0 Å². The van der Waals surface area contributed by atoms with Crippen molar-refractivity contribution >= 4 is 11.6 Å². The fourth-order valence-electron chi connectivity index (χ4n) is 4.40. The van der Waals surface area contributed by atoms with Crippen molar-refractivity contribution in [3.05, 3.63) is 65.2 Å². The lowest BCUT2D eigenvalue weighted by molar-refractivity contribution is 0.0342. The summed E-state index contributed by atoms with van der Waals surface area (Å²) in [5.74, 6) is 0.904. The first-order valence-electron chi connectivity index (χ1n) is 11.9. The van der Waals surface area contributed by atoms with Crippen LogP contribution in [0.25, 0.3) is 0 Å². The van der Waals surface area contributed by atoms with E-state index in [2.05, 4.69) is 82.8 Å². The summed E-state index contributed by atoms with van der Waals surface area (Å²) in [7, 11) is 0. The molecule has 6 heteroatoms. The molecule has 2 fully saturated rings. The number of morpholine rings is 1. The van der Waals surface area contributed by atoms with Crippen LogP contribution in [0.4, 0.5) is 5.69 Å². The summed E-state index contributed by atoms with van der Waals surface area (Å²) in [6, 6.07) is 18.1. The standard InChI is InChI=1S/C26H37N5O/c1-3-27-26(29-24-11-12-31(20-24)25-9-7-21(2)8-10-25)28-18-22-5-4-6-23(17-22)19-30-13-15-32-16-14-30/h4-10,17,24H,3,11-16,18-20H2,1-2H3,(H2,27,28,29). The lowest BCUT2D eigenvalue weighted by Gasteiger charge is -2.26. The van der Waals surface area contributed by atoms with E-state index in [0.29, 0.717) is 12.6 Å². The average molecular weight is 436 g/mol. The van der Waals surface area contributed by atoms with Crippen LogP contribution in [-0.4, -0.2) is 62.8 Å². The van der Waals surface area contributed by atoms with Crippen molar-refractivity contribution in [1.29, 1.82) is 0 Å². The minimum absolute atomic E-state index is 0.404. The van der Waals surface area contributed by atoms with Crippen LogP contribution in [0.15, 0.2) is 53.5 Å². The molecule has 2 heterocycles. The minimum Gasteiger partial charge on any atom is -0.379 e. The molecular formula is C26H37N5O. The Kier molecular flexibility index (Phi) is 8.02. The normalized spacial score (nSPS) is 19.9. The van der Waals surface area contributed by atoms with Gasteiger partial charge < -0.3 is 20.3 Å². The lowest BCUT2D eigenvalue weighted by atomic mass is 10.1. The molecule has 2 aliphatic rings. The summed E-state index contributed by atoms with van der Waals surface area (Å²) >= 11 is 0. The highest BCUT2D eigenvalue weighted by Crippen LogP contribution is 2.20. The largest absolute Gasteiger partial charge is 0.379 e. The Labute approximate surface area is 192 Å². The zero-order chi connectivity index (χ0) is 22.2. The molecule has 2 saturated heterocycles. The van der Waals surface area contributed by atoms with E-state index >= 15 is 0 Å². The van der Waals surface area contributed by atoms with Crippen LogP contribution in [0, 0.1) is 6.92 Å². The topological polar surface area (TPSA) is 52.1 Å². The van der Waals surface area contributed by atoms with Gasteiger partial charge in [-0.3, -0.25) is 4.90 Å². The Morgan fingerprint density at radius 1 is 1.06 bits per heavy atom. The van der Waals surface area contributed by atoms with Crippen molar-refractivity contribution in [2.24, 2.45) is 4.99 Å². The van der Waals surface area contributed by atoms with E-state index < -0.39 is 0 Å². The number of aryl methyl sites for hydroxylation is 1. The second-order valence-corrected chi connectivity index (χ2v) is 8.82. The third-order valence-corrected chi connectivity index (χ3v) is 6.19. The fourth-order valence-corrected chi connectivity index (χ4v) is 4.40. The van der Waals surface area contributed by atoms with Gasteiger partial charge in [-0.1, -0.05) is 42.0 Å². The molecule has 0 radical (unpaired) electrons. The van der Waals surface area contributed by atoms with E-state index in [1.165, 1.54) is 22.4 Å². The second-order valence-electron chi connectivity index (χ2n) is 8.82. The maximum absolute atomic E-state index is 5.46. The minimum atomic E-state index is 0.404. The van der Waals surface area contributed by atoms with E-state index in [9.17, 15) is 0 Å². The van der Waals surface area contributed by atoms with E-state index in [-0.39, 0.29) is 0 Å². The summed E-state index contributed by atoms with van der Waals surface area (Å²) < 4.78 is 5.46. The SMILES string of the molecule is CCNC(=NCc1cccc(CN2CCOCC2)c1)NC1CCN(c2ccc(C)cc2)C1. The Morgan fingerprint density at radius 3 is 2.62 bits per heavy atom. The first kappa shape index (κ1) is 22.6. The highest BCUT2D eigenvalue weighted by Gasteiger charge is 2.23. The first-order chi connectivity index (χ1) is 15.7. The molecule has 6 nitrogen and oxygen atoms in total. The fraction of sp³-hybridized carbons (Fsp3) is 0.500. The van der Waals surface area contributed by atoms with Crippen molar-refractivity contribution in [3.63, 3.8) is 0 Å². The Balaban J connectivity index is 1.33. The smallest absolute Gasteiger partial charge is 0.191 e. The van der Waals surface area contributed by atoms with Crippen LogP contribution in [0.1, 0.15) is 30.0 Å². The van der Waals surface area contributed by atoms with Gasteiger partial charge in [0, 0.05) is 51.0 Å². The Hall–Kier alpha value is -2.57. The van der Waals surface area contributed by atoms with E-state index in [1.807, 2.05) is 0 Å². The number of benzene rings is 2. The van der Waals surface area contributed by atoms with Crippen LogP contribution in [0.3, 0.4) is 0 Å². The zero-order valence-corrected chi connectivity index (χ0v) is 19.5. The third kappa shape index (κ3) is 6.47. The van der Waals surface area contributed by atoms with Gasteiger partial charge in [0.25, 0.3) is 0 Å². The molecule has 1 atom stereocenters. The maximum atomic E-state index is 5.46. The number of ether oxygens (including phenoxy) is 1. The van der Waals surface area contributed by atoms with Crippen LogP contribution in [0.2, 0.25) is 0 Å². The zero-order valence-electron chi connectivity index (χ0n) is 19.5. The van der Waals surface area contributed by atoms with E-state index in [0.717, 1.165) is 64.9 Å². The van der Waals surface area contributed by atoms with Gasteiger partial charge in [0.15, 0.2) is 5.96 Å². The highest BCUT2D eigenvalue weighted by atomic mass is 16.5. The van der Waals surface area contributed by atoms with Crippen LogP contribution < -0.4 is 15.5 Å². The number of guanidine groups is 1. The molecule has 0 spiro atoms. The number of nitrogens with zero attached hydrogens (tertiary/aromatic N) is 3. The number of nitrogens with one attached hydrogen (secondary N) is 2. The number of rotatable bonds is 7. The van der Waals surface area contributed by atoms with Gasteiger partial charge >= 0.3 is 0 Å². The summed E-state index contributed by atoms with van der Waals surface area (Å²) in [6.45, 7) is 12.5. The Morgan fingerprint density at radius 2 is 1.84 bits per heavy atom. The molecule has 2 aromatic rings. The molecule has 0 aliphatic carbocycles. The van der Waals surface area contributed by atoms with Crippen LogP contribution in [-0.2, 0) is 17.8 Å². The van der Waals surface area contributed by atoms with Gasteiger partial charge in [0.2, 0.25) is 0 Å². The maximum Gasteiger partial charge on any atom is 0.191 e. The van der Waals surface area contributed by atoms with Gasteiger partial charge in [0.05, 0.1) is 19.8 Å². The third-order valence-electron chi connectivity index (χ3n) is 6.19. The van der Waals surface area contributed by atoms with Gasteiger partial charge in [-0.15, -0.1) is 0 Å². The highest BCUT2D eigenvalue weighted by molar-refractivity contribution is 5.80. The molecule has 4 rings (SSSR count). The van der Waals surface area contributed by atoms with Crippen molar-refractivity contribution in [2.45, 2.75) is 39.4 Å². The molecule has 172 valence electrons. The molecule has 0 aromatic heterocycles. The lowest BCUT2D eigenvalue weighted by Crippen LogP contribution is -2.44. The second kappa shape index (κ2) is 11.3. The summed E-state index contributed by atoms with van der Waals surface area (Å²) in [5, 5.41) is 7.07. The molecule has 32 heavy (non-hydrogen) atoms. The molecule has 2 aromatic carbocycles. The Bertz CT molecular complexity index is 876. The van der Waals surface area contributed by atoms with Crippen molar-refractivity contribution in [2.75, 3.05) is 50.8 Å². The monoisotopic (exact) mass is 435 g/mol. The van der Waals surface area contributed by atoms with Gasteiger partial charge in [-0.2, -0.15) is 0 Å². The number of hydrogen-bond donors (Lipinski definition) is 2. The predicted molar refractivity (Wildman–Crippen MR) is 132 cm³/mol. The number of aliphatic imine (C=N–C) groups is 1. The van der Waals surface area contributed by atoms with Crippen molar-refractivity contribution in [3.8, 4) is 0 Å². The molecule has 0 bridgehead atoms. The quantitative estimate of drug-likeness (QED) is 0.517. The van der Waals surface area contributed by atoms with Crippen LogP contribution >= 0.6 is 0 Å².